The van der Waals surface area contributed by atoms with Crippen LogP contribution in [0.15, 0.2) is 41.9 Å². The Balaban J connectivity index is 1.35. The largest absolute Gasteiger partial charge is 0.497 e. The lowest BCUT2D eigenvalue weighted by molar-refractivity contribution is -0.139. The van der Waals surface area contributed by atoms with Gasteiger partial charge in [0.25, 0.3) is 0 Å². The molecule has 0 spiro atoms. The van der Waals surface area contributed by atoms with Crippen molar-refractivity contribution in [2.45, 2.75) is 51.6 Å². The first-order valence-electron chi connectivity index (χ1n) is 12.5. The molecule has 0 aliphatic carbocycles. The fourth-order valence-corrected chi connectivity index (χ4v) is 6.33. The van der Waals surface area contributed by atoms with Crippen molar-refractivity contribution in [2.75, 3.05) is 26.7 Å². The molecule has 0 saturated carbocycles. The molecule has 3 heterocycles. The van der Waals surface area contributed by atoms with Gasteiger partial charge in [-0.15, -0.1) is 11.3 Å². The molecule has 1 aliphatic heterocycles. The fourth-order valence-electron chi connectivity index (χ4n) is 5.38. The van der Waals surface area contributed by atoms with Crippen LogP contribution in [0, 0.1) is 18.8 Å². The van der Waals surface area contributed by atoms with E-state index in [-0.39, 0.29) is 18.3 Å². The number of rotatable bonds is 11. The molecular formula is C28H35FN2O3S. The monoisotopic (exact) mass is 498 g/mol. The minimum absolute atomic E-state index is 0.0613. The summed E-state index contributed by atoms with van der Waals surface area (Å²) in [6.45, 7) is 4.88. The number of methoxy groups -OCH3 is 1. The number of hydrogen-bond acceptors (Lipinski definition) is 5. The van der Waals surface area contributed by atoms with Gasteiger partial charge < -0.3 is 14.7 Å². The topological polar surface area (TPSA) is 62.7 Å². The molecule has 4 rings (SSSR count). The molecule has 0 radical (unpaired) electrons. The molecule has 1 aromatic carbocycles. The molecule has 0 unspecified atom stereocenters. The number of likely N-dealkylation sites (tertiary alicyclic amines) is 1. The Hall–Kier alpha value is -2.51. The predicted molar refractivity (Wildman–Crippen MR) is 139 cm³/mol. The second-order valence-electron chi connectivity index (χ2n) is 9.67. The van der Waals surface area contributed by atoms with E-state index in [0.717, 1.165) is 49.8 Å². The molecule has 188 valence electrons. The Morgan fingerprint density at radius 3 is 2.91 bits per heavy atom. The van der Waals surface area contributed by atoms with Gasteiger partial charge in [-0.25, -0.2) is 4.39 Å². The van der Waals surface area contributed by atoms with Gasteiger partial charge in [0.1, 0.15) is 11.9 Å². The number of fused-ring (bicyclic) bond motifs is 1. The van der Waals surface area contributed by atoms with Crippen molar-refractivity contribution in [3.05, 3.63) is 57.9 Å². The van der Waals surface area contributed by atoms with E-state index in [9.17, 15) is 9.90 Å². The molecule has 1 aliphatic rings. The van der Waals surface area contributed by atoms with Crippen LogP contribution in [0.3, 0.4) is 0 Å². The summed E-state index contributed by atoms with van der Waals surface area (Å²) in [7, 11) is 1.60. The Kier molecular flexibility index (Phi) is 8.74. The van der Waals surface area contributed by atoms with Crippen molar-refractivity contribution in [1.82, 2.24) is 9.88 Å². The molecular weight excluding hydrogens is 463 g/mol. The molecule has 0 amide bonds. The highest BCUT2D eigenvalue weighted by Gasteiger charge is 2.31. The van der Waals surface area contributed by atoms with Crippen LogP contribution < -0.4 is 4.74 Å². The quantitative estimate of drug-likeness (QED) is 0.329. The molecule has 2 aromatic heterocycles. The Bertz CT molecular complexity index is 1130. The van der Waals surface area contributed by atoms with E-state index in [1.54, 1.807) is 19.4 Å². The van der Waals surface area contributed by atoms with Gasteiger partial charge in [0, 0.05) is 29.4 Å². The van der Waals surface area contributed by atoms with Gasteiger partial charge in [-0.3, -0.25) is 9.78 Å². The SMILES string of the molecule is COc1ccc2nccc([C@@H](F)CC[C@@H]3CCN(CCCc4sccc4C)C[C@@H]3CC(=O)O)c2c1. The number of thiophene rings is 1. The van der Waals surface area contributed by atoms with Crippen LogP contribution in [-0.2, 0) is 11.2 Å². The lowest BCUT2D eigenvalue weighted by Crippen LogP contribution is -2.42. The number of aryl methyl sites for hydroxylation is 2. The maximum absolute atomic E-state index is 15.5. The second-order valence-corrected chi connectivity index (χ2v) is 10.7. The Labute approximate surface area is 210 Å². The Morgan fingerprint density at radius 2 is 2.17 bits per heavy atom. The number of carboxylic acids is 1. The molecule has 3 atom stereocenters. The van der Waals surface area contributed by atoms with E-state index in [2.05, 4.69) is 28.3 Å². The number of hydrogen-bond donors (Lipinski definition) is 1. The van der Waals surface area contributed by atoms with Gasteiger partial charge in [0.05, 0.1) is 12.6 Å². The third-order valence-corrected chi connectivity index (χ3v) is 8.45. The van der Waals surface area contributed by atoms with Crippen LogP contribution in [0.2, 0.25) is 0 Å². The van der Waals surface area contributed by atoms with Gasteiger partial charge >= 0.3 is 5.97 Å². The molecule has 1 fully saturated rings. The van der Waals surface area contributed by atoms with E-state index in [1.165, 1.54) is 10.4 Å². The maximum atomic E-state index is 15.5. The van der Waals surface area contributed by atoms with E-state index in [4.69, 9.17) is 4.74 Å². The molecule has 7 heteroatoms. The molecule has 1 saturated heterocycles. The van der Waals surface area contributed by atoms with E-state index < -0.39 is 12.1 Å². The van der Waals surface area contributed by atoms with Crippen molar-refractivity contribution >= 4 is 28.2 Å². The lowest BCUT2D eigenvalue weighted by Gasteiger charge is -2.38. The van der Waals surface area contributed by atoms with Crippen LogP contribution >= 0.6 is 11.3 Å². The van der Waals surface area contributed by atoms with Crippen LogP contribution in [-0.4, -0.2) is 47.7 Å². The highest BCUT2D eigenvalue weighted by Crippen LogP contribution is 2.36. The highest BCUT2D eigenvalue weighted by molar-refractivity contribution is 7.10. The number of ether oxygens (including phenoxy) is 1. The summed E-state index contributed by atoms with van der Waals surface area (Å²) in [5.41, 5.74) is 2.74. The first kappa shape index (κ1) is 25.6. The van der Waals surface area contributed by atoms with Gasteiger partial charge in [0.15, 0.2) is 0 Å². The first-order chi connectivity index (χ1) is 16.9. The van der Waals surface area contributed by atoms with Gasteiger partial charge in [-0.1, -0.05) is 0 Å². The summed E-state index contributed by atoms with van der Waals surface area (Å²) in [6.07, 6.45) is 4.83. The van der Waals surface area contributed by atoms with Gasteiger partial charge in [-0.2, -0.15) is 0 Å². The van der Waals surface area contributed by atoms with Crippen molar-refractivity contribution in [3.8, 4) is 5.75 Å². The van der Waals surface area contributed by atoms with Crippen LogP contribution in [0.5, 0.6) is 5.75 Å². The first-order valence-corrected chi connectivity index (χ1v) is 13.4. The number of pyridine rings is 1. The zero-order valence-corrected chi connectivity index (χ0v) is 21.4. The van der Waals surface area contributed by atoms with Crippen LogP contribution in [0.25, 0.3) is 10.9 Å². The van der Waals surface area contributed by atoms with Crippen molar-refractivity contribution in [1.29, 1.82) is 0 Å². The number of nitrogens with zero attached hydrogens (tertiary/aromatic N) is 2. The molecule has 5 nitrogen and oxygen atoms in total. The number of aromatic nitrogens is 1. The Morgan fingerprint density at radius 1 is 1.31 bits per heavy atom. The summed E-state index contributed by atoms with van der Waals surface area (Å²) >= 11 is 1.81. The highest BCUT2D eigenvalue weighted by atomic mass is 32.1. The zero-order valence-electron chi connectivity index (χ0n) is 20.6. The smallest absolute Gasteiger partial charge is 0.303 e. The van der Waals surface area contributed by atoms with Crippen LogP contribution in [0.1, 0.15) is 54.3 Å². The normalized spacial score (nSPS) is 19.6. The average Bonchev–Trinajstić information content (AvgIpc) is 3.26. The average molecular weight is 499 g/mol. The number of benzene rings is 1. The minimum atomic E-state index is -1.12. The molecule has 0 bridgehead atoms. The maximum Gasteiger partial charge on any atom is 0.303 e. The third-order valence-electron chi connectivity index (χ3n) is 7.37. The lowest BCUT2D eigenvalue weighted by atomic mass is 9.79. The number of alkyl halides is 1. The number of piperidine rings is 1. The summed E-state index contributed by atoms with van der Waals surface area (Å²) in [5, 5.41) is 12.4. The summed E-state index contributed by atoms with van der Waals surface area (Å²) < 4.78 is 20.8. The zero-order chi connectivity index (χ0) is 24.8. The minimum Gasteiger partial charge on any atom is -0.497 e. The number of aliphatic carboxylic acids is 1. The van der Waals surface area contributed by atoms with E-state index in [1.807, 2.05) is 29.5 Å². The molecule has 1 N–H and O–H groups in total. The van der Waals surface area contributed by atoms with E-state index >= 15 is 4.39 Å². The van der Waals surface area contributed by atoms with Gasteiger partial charge in [0.2, 0.25) is 0 Å². The summed E-state index contributed by atoms with van der Waals surface area (Å²) in [6, 6.07) is 9.44. The molecule has 35 heavy (non-hydrogen) atoms. The number of halogens is 1. The molecule has 3 aromatic rings. The fraction of sp³-hybridized carbons (Fsp3) is 0.500. The van der Waals surface area contributed by atoms with Crippen molar-refractivity contribution in [3.63, 3.8) is 0 Å². The standard InChI is InChI=1S/C28H35FN2O3S/c1-19-11-15-35-27(19)4-3-13-31-14-10-20(21(18-31)16-28(32)33)5-7-25(29)23-9-12-30-26-8-6-22(34-2)17-24(23)26/h6,8-9,11-12,15,17,20-21,25H,3-5,7,10,13-14,16,18H2,1-2H3,(H,32,33)/t20-,21+,25+/m1/s1. The van der Waals surface area contributed by atoms with Gasteiger partial charge in [-0.05, 0) is 111 Å². The van der Waals surface area contributed by atoms with E-state index in [0.29, 0.717) is 24.2 Å². The predicted octanol–water partition coefficient (Wildman–Crippen LogP) is 6.45. The van der Waals surface area contributed by atoms with Crippen molar-refractivity contribution < 1.29 is 19.0 Å². The summed E-state index contributed by atoms with van der Waals surface area (Å²) in [4.78, 5) is 19.8. The number of carboxylic acid groups (broad SMARTS) is 1. The summed E-state index contributed by atoms with van der Waals surface area (Å²) in [5.74, 6) is 0.205. The number of carbonyl (C=O) groups is 1. The van der Waals surface area contributed by atoms with Crippen molar-refractivity contribution in [2.24, 2.45) is 11.8 Å². The van der Waals surface area contributed by atoms with Crippen LogP contribution in [0.4, 0.5) is 4.39 Å². The second kappa shape index (κ2) is 12.0. The third kappa shape index (κ3) is 6.58.